The second-order valence-corrected chi connectivity index (χ2v) is 4.96. The average Bonchev–Trinajstić information content (AvgIpc) is 2.72. The van der Waals surface area contributed by atoms with E-state index < -0.39 is 12.0 Å². The molecule has 21 heavy (non-hydrogen) atoms. The summed E-state index contributed by atoms with van der Waals surface area (Å²) in [6.45, 7) is 8.82. The average molecular weight is 294 g/mol. The summed E-state index contributed by atoms with van der Waals surface area (Å²) in [5.74, 6) is -0.855. The third-order valence-electron chi connectivity index (χ3n) is 3.67. The molecule has 1 N–H and O–H groups in total. The number of ether oxygens (including phenoxy) is 1. The summed E-state index contributed by atoms with van der Waals surface area (Å²) in [5, 5.41) is 0. The number of rotatable bonds is 5. The normalized spacial score (nSPS) is 11.9. The number of ketones is 1. The van der Waals surface area contributed by atoms with Gasteiger partial charge in [-0.25, -0.2) is 4.79 Å². The SMILES string of the molecule is CCN(C(C)=O)[C@@H](C)C(=O)c1c(C)[nH]c(C(=O)OC)c1C. The van der Waals surface area contributed by atoms with Crippen LogP contribution in [0.2, 0.25) is 0 Å². The first-order valence-electron chi connectivity index (χ1n) is 6.85. The van der Waals surface area contributed by atoms with Crippen LogP contribution < -0.4 is 0 Å². The number of carbonyl (C=O) groups excluding carboxylic acids is 3. The van der Waals surface area contributed by atoms with Crippen LogP contribution in [0.15, 0.2) is 0 Å². The molecule has 0 aliphatic rings. The van der Waals surface area contributed by atoms with Crippen LogP contribution in [-0.2, 0) is 9.53 Å². The Hall–Kier alpha value is -2.11. The number of Topliss-reactive ketones (excluding diaryl/α,β-unsaturated/α-hetero) is 1. The second kappa shape index (κ2) is 6.56. The van der Waals surface area contributed by atoms with Crippen molar-refractivity contribution >= 4 is 17.7 Å². The van der Waals surface area contributed by atoms with Gasteiger partial charge < -0.3 is 14.6 Å². The zero-order valence-corrected chi connectivity index (χ0v) is 13.4. The number of H-pyrrole nitrogens is 1. The Morgan fingerprint density at radius 3 is 2.29 bits per heavy atom. The summed E-state index contributed by atoms with van der Waals surface area (Å²) in [6, 6.07) is -0.578. The van der Waals surface area contributed by atoms with Gasteiger partial charge in [-0.3, -0.25) is 9.59 Å². The molecular formula is C15H22N2O4. The highest BCUT2D eigenvalue weighted by molar-refractivity contribution is 6.06. The van der Waals surface area contributed by atoms with Gasteiger partial charge in [0, 0.05) is 24.7 Å². The van der Waals surface area contributed by atoms with Crippen LogP contribution in [-0.4, -0.2) is 47.2 Å². The van der Waals surface area contributed by atoms with Crippen molar-refractivity contribution in [2.75, 3.05) is 13.7 Å². The number of aromatic nitrogens is 1. The molecule has 0 bridgehead atoms. The van der Waals surface area contributed by atoms with E-state index in [4.69, 9.17) is 0 Å². The largest absolute Gasteiger partial charge is 0.464 e. The third kappa shape index (κ3) is 3.15. The number of methoxy groups -OCH3 is 1. The van der Waals surface area contributed by atoms with Gasteiger partial charge >= 0.3 is 5.97 Å². The third-order valence-corrected chi connectivity index (χ3v) is 3.67. The minimum atomic E-state index is -0.578. The Morgan fingerprint density at radius 2 is 1.86 bits per heavy atom. The van der Waals surface area contributed by atoms with E-state index in [9.17, 15) is 14.4 Å². The number of esters is 1. The number of hydrogen-bond donors (Lipinski definition) is 1. The highest BCUT2D eigenvalue weighted by atomic mass is 16.5. The molecule has 1 atom stereocenters. The number of amides is 1. The number of hydrogen-bond acceptors (Lipinski definition) is 4. The van der Waals surface area contributed by atoms with E-state index in [1.54, 1.807) is 20.8 Å². The molecular weight excluding hydrogens is 272 g/mol. The van der Waals surface area contributed by atoms with Crippen LogP contribution in [0, 0.1) is 13.8 Å². The summed E-state index contributed by atoms with van der Waals surface area (Å²) < 4.78 is 4.69. The highest BCUT2D eigenvalue weighted by Crippen LogP contribution is 2.21. The van der Waals surface area contributed by atoms with E-state index in [2.05, 4.69) is 9.72 Å². The van der Waals surface area contributed by atoms with E-state index >= 15 is 0 Å². The zero-order chi connectivity index (χ0) is 16.3. The molecule has 0 saturated carbocycles. The van der Waals surface area contributed by atoms with Crippen LogP contribution in [0.5, 0.6) is 0 Å². The quantitative estimate of drug-likeness (QED) is 0.664. The fourth-order valence-corrected chi connectivity index (χ4v) is 2.55. The molecule has 0 fully saturated rings. The smallest absolute Gasteiger partial charge is 0.354 e. The fraction of sp³-hybridized carbons (Fsp3) is 0.533. The molecule has 0 unspecified atom stereocenters. The molecule has 1 amide bonds. The molecule has 1 aromatic rings. The summed E-state index contributed by atoms with van der Waals surface area (Å²) in [7, 11) is 1.29. The standard InChI is InChI=1S/C15H22N2O4/c1-7-17(11(5)18)10(4)14(19)12-8(2)13(15(20)21-6)16-9(12)3/h10,16H,7H2,1-6H3/t10-/m0/s1. The Balaban J connectivity index is 3.22. The van der Waals surface area contributed by atoms with Gasteiger partial charge in [-0.15, -0.1) is 0 Å². The molecule has 1 heterocycles. The van der Waals surface area contributed by atoms with Gasteiger partial charge in [-0.2, -0.15) is 0 Å². The van der Waals surface area contributed by atoms with E-state index in [-0.39, 0.29) is 17.4 Å². The molecule has 6 nitrogen and oxygen atoms in total. The topological polar surface area (TPSA) is 79.5 Å². The Bertz CT molecular complexity index is 574. The lowest BCUT2D eigenvalue weighted by Crippen LogP contribution is -2.42. The number of aryl methyl sites for hydroxylation is 1. The van der Waals surface area contributed by atoms with E-state index in [0.29, 0.717) is 23.4 Å². The van der Waals surface area contributed by atoms with Crippen molar-refractivity contribution in [3.63, 3.8) is 0 Å². The fourth-order valence-electron chi connectivity index (χ4n) is 2.55. The zero-order valence-electron chi connectivity index (χ0n) is 13.4. The minimum Gasteiger partial charge on any atom is -0.464 e. The maximum absolute atomic E-state index is 12.6. The number of aromatic amines is 1. The number of nitrogens with zero attached hydrogens (tertiary/aromatic N) is 1. The van der Waals surface area contributed by atoms with Crippen molar-refractivity contribution in [2.24, 2.45) is 0 Å². The van der Waals surface area contributed by atoms with Crippen LogP contribution in [0.4, 0.5) is 0 Å². The van der Waals surface area contributed by atoms with E-state index in [1.807, 2.05) is 6.92 Å². The predicted molar refractivity (Wildman–Crippen MR) is 78.5 cm³/mol. The first-order chi connectivity index (χ1) is 9.76. The van der Waals surface area contributed by atoms with Crippen molar-refractivity contribution in [2.45, 2.75) is 40.7 Å². The van der Waals surface area contributed by atoms with Crippen molar-refractivity contribution in [3.05, 3.63) is 22.5 Å². The summed E-state index contributed by atoms with van der Waals surface area (Å²) >= 11 is 0. The van der Waals surface area contributed by atoms with Gasteiger partial charge in [0.05, 0.1) is 13.2 Å². The Kier molecular flexibility index (Phi) is 5.29. The second-order valence-electron chi connectivity index (χ2n) is 4.96. The lowest BCUT2D eigenvalue weighted by atomic mass is 10.00. The molecule has 0 aliphatic carbocycles. The molecule has 116 valence electrons. The van der Waals surface area contributed by atoms with Gasteiger partial charge in [-0.1, -0.05) is 0 Å². The summed E-state index contributed by atoms with van der Waals surface area (Å²) in [5.41, 5.74) is 1.87. The van der Waals surface area contributed by atoms with Gasteiger partial charge in [0.1, 0.15) is 5.69 Å². The predicted octanol–water partition coefficient (Wildman–Crippen LogP) is 1.86. The lowest BCUT2D eigenvalue weighted by Gasteiger charge is -2.25. The maximum Gasteiger partial charge on any atom is 0.354 e. The van der Waals surface area contributed by atoms with E-state index in [1.165, 1.54) is 18.9 Å². The molecule has 1 aromatic heterocycles. The first kappa shape index (κ1) is 16.9. The van der Waals surface area contributed by atoms with Crippen molar-refractivity contribution in [1.29, 1.82) is 0 Å². The summed E-state index contributed by atoms with van der Waals surface area (Å²) in [4.78, 5) is 40.3. The number of carbonyl (C=O) groups is 3. The van der Waals surface area contributed by atoms with Gasteiger partial charge in [0.15, 0.2) is 5.78 Å². The monoisotopic (exact) mass is 294 g/mol. The van der Waals surface area contributed by atoms with Crippen molar-refractivity contribution in [1.82, 2.24) is 9.88 Å². The highest BCUT2D eigenvalue weighted by Gasteiger charge is 2.29. The molecule has 0 radical (unpaired) electrons. The Morgan fingerprint density at radius 1 is 1.29 bits per heavy atom. The molecule has 0 aliphatic heterocycles. The molecule has 1 rings (SSSR count). The van der Waals surface area contributed by atoms with Crippen LogP contribution in [0.25, 0.3) is 0 Å². The Labute approximate surface area is 124 Å². The number of likely N-dealkylation sites (N-methyl/N-ethyl adjacent to an activating group) is 1. The molecule has 6 heteroatoms. The maximum atomic E-state index is 12.6. The minimum absolute atomic E-state index is 0.155. The van der Waals surface area contributed by atoms with Gasteiger partial charge in [-0.05, 0) is 33.3 Å². The van der Waals surface area contributed by atoms with E-state index in [0.717, 1.165) is 0 Å². The molecule has 0 spiro atoms. The summed E-state index contributed by atoms with van der Waals surface area (Å²) in [6.07, 6.45) is 0. The van der Waals surface area contributed by atoms with Crippen LogP contribution >= 0.6 is 0 Å². The van der Waals surface area contributed by atoms with Crippen LogP contribution in [0.3, 0.4) is 0 Å². The van der Waals surface area contributed by atoms with Crippen LogP contribution in [0.1, 0.15) is 52.9 Å². The lowest BCUT2D eigenvalue weighted by molar-refractivity contribution is -0.129. The van der Waals surface area contributed by atoms with Crippen molar-refractivity contribution < 1.29 is 19.1 Å². The van der Waals surface area contributed by atoms with Crippen molar-refractivity contribution in [3.8, 4) is 0 Å². The molecule has 0 aromatic carbocycles. The first-order valence-corrected chi connectivity index (χ1v) is 6.85. The van der Waals surface area contributed by atoms with Gasteiger partial charge in [0.25, 0.3) is 0 Å². The molecule has 0 saturated heterocycles. The van der Waals surface area contributed by atoms with Gasteiger partial charge in [0.2, 0.25) is 5.91 Å². The number of nitrogens with one attached hydrogen (secondary N) is 1.